The minimum Gasteiger partial charge on any atom is -0.228 e. The predicted molar refractivity (Wildman–Crippen MR) is 144 cm³/mol. The number of halogens is 1. The summed E-state index contributed by atoms with van der Waals surface area (Å²) in [7, 11) is 0. The molecule has 2 heterocycles. The van der Waals surface area contributed by atoms with Gasteiger partial charge in [0.15, 0.2) is 5.82 Å². The lowest BCUT2D eigenvalue weighted by Crippen LogP contribution is -1.95. The number of rotatable bonds is 3. The molecule has 2 nitrogen and oxygen atoms in total. The molecule has 0 bridgehead atoms. The second-order valence-electron chi connectivity index (χ2n) is 7.66. The molecule has 4 heteroatoms. The molecule has 152 valence electrons. The molecule has 0 saturated carbocycles. The molecule has 2 aromatic heterocycles. The van der Waals surface area contributed by atoms with Crippen LogP contribution in [0, 0.1) is 3.70 Å². The van der Waals surface area contributed by atoms with Gasteiger partial charge >= 0.3 is 0 Å². The van der Waals surface area contributed by atoms with Crippen LogP contribution in [0.3, 0.4) is 0 Å². The van der Waals surface area contributed by atoms with E-state index in [2.05, 4.69) is 120 Å². The molecule has 0 amide bonds. The van der Waals surface area contributed by atoms with E-state index in [1.54, 1.807) is 0 Å². The third-order valence-corrected chi connectivity index (χ3v) is 7.28. The van der Waals surface area contributed by atoms with Gasteiger partial charge in [-0.3, -0.25) is 0 Å². The fourth-order valence-corrected chi connectivity index (χ4v) is 5.72. The largest absolute Gasteiger partial charge is 0.228 e. The summed E-state index contributed by atoms with van der Waals surface area (Å²) >= 11 is 4.12. The Labute approximate surface area is 203 Å². The van der Waals surface area contributed by atoms with Crippen LogP contribution in [0.1, 0.15) is 0 Å². The SMILES string of the molecule is Ic1cc(-c2ccc3c(c2)sc2ccccc23)nc(-c2cccc(-c3ccccc3)c2)n1. The molecule has 0 aliphatic rings. The zero-order valence-electron chi connectivity index (χ0n) is 17.0. The van der Waals surface area contributed by atoms with Crippen molar-refractivity contribution < 1.29 is 0 Å². The molecule has 0 aliphatic carbocycles. The van der Waals surface area contributed by atoms with Crippen LogP contribution in [0.2, 0.25) is 0 Å². The highest BCUT2D eigenvalue weighted by Gasteiger charge is 2.11. The molecule has 0 radical (unpaired) electrons. The number of hydrogen-bond acceptors (Lipinski definition) is 3. The van der Waals surface area contributed by atoms with Gasteiger partial charge in [0.2, 0.25) is 0 Å². The van der Waals surface area contributed by atoms with Crippen LogP contribution in [-0.4, -0.2) is 9.97 Å². The van der Waals surface area contributed by atoms with Gasteiger partial charge in [-0.2, -0.15) is 0 Å². The molecule has 0 aliphatic heterocycles. The maximum atomic E-state index is 4.96. The molecule has 0 atom stereocenters. The van der Waals surface area contributed by atoms with Crippen LogP contribution < -0.4 is 0 Å². The summed E-state index contributed by atoms with van der Waals surface area (Å²) in [6.07, 6.45) is 0. The van der Waals surface area contributed by atoms with Gasteiger partial charge < -0.3 is 0 Å². The zero-order valence-corrected chi connectivity index (χ0v) is 20.0. The van der Waals surface area contributed by atoms with Gasteiger partial charge in [-0.05, 0) is 58.0 Å². The van der Waals surface area contributed by atoms with Crippen molar-refractivity contribution in [1.82, 2.24) is 9.97 Å². The molecular formula is C28H17IN2S. The first-order valence-corrected chi connectivity index (χ1v) is 12.3. The summed E-state index contributed by atoms with van der Waals surface area (Å²) in [6, 6.07) is 36.1. The summed E-state index contributed by atoms with van der Waals surface area (Å²) in [5, 5.41) is 2.61. The normalized spacial score (nSPS) is 11.3. The van der Waals surface area contributed by atoms with Crippen LogP contribution in [0.15, 0.2) is 103 Å². The summed E-state index contributed by atoms with van der Waals surface area (Å²) in [6.45, 7) is 0. The molecule has 0 N–H and O–H groups in total. The molecular weight excluding hydrogens is 523 g/mol. The first-order valence-electron chi connectivity index (χ1n) is 10.4. The highest BCUT2D eigenvalue weighted by atomic mass is 127. The van der Waals surface area contributed by atoms with E-state index in [4.69, 9.17) is 9.97 Å². The lowest BCUT2D eigenvalue weighted by atomic mass is 10.0. The maximum absolute atomic E-state index is 4.96. The van der Waals surface area contributed by atoms with Crippen molar-refractivity contribution in [2.45, 2.75) is 0 Å². The van der Waals surface area contributed by atoms with Crippen LogP contribution >= 0.6 is 33.9 Å². The van der Waals surface area contributed by atoms with E-state index in [0.29, 0.717) is 0 Å². The fourth-order valence-electron chi connectivity index (χ4n) is 4.05. The standard InChI is InChI=1S/C28H17IN2S/c29-27-17-24(20-13-14-23-22-11-4-5-12-25(22)32-26(23)16-20)30-28(31-27)21-10-6-9-19(15-21)18-7-2-1-3-8-18/h1-17H. The number of nitrogens with zero attached hydrogens (tertiary/aromatic N) is 2. The Morgan fingerprint density at radius 3 is 2.19 bits per heavy atom. The van der Waals surface area contributed by atoms with Crippen LogP contribution in [0.4, 0.5) is 0 Å². The molecule has 0 saturated heterocycles. The van der Waals surface area contributed by atoms with Crippen molar-refractivity contribution in [1.29, 1.82) is 0 Å². The summed E-state index contributed by atoms with van der Waals surface area (Å²) in [5.74, 6) is 0.751. The summed E-state index contributed by atoms with van der Waals surface area (Å²) < 4.78 is 3.53. The van der Waals surface area contributed by atoms with E-state index >= 15 is 0 Å². The molecule has 0 unspecified atom stereocenters. The minimum atomic E-state index is 0.751. The maximum Gasteiger partial charge on any atom is 0.160 e. The first kappa shape index (κ1) is 19.6. The predicted octanol–water partition coefficient (Wildman–Crippen LogP) is 8.45. The van der Waals surface area contributed by atoms with E-state index < -0.39 is 0 Å². The topological polar surface area (TPSA) is 25.8 Å². The number of benzene rings is 4. The zero-order chi connectivity index (χ0) is 21.5. The molecule has 0 fully saturated rings. The van der Waals surface area contributed by atoms with Gasteiger partial charge in [-0.25, -0.2) is 9.97 Å². The average Bonchev–Trinajstić information content (AvgIpc) is 3.22. The number of fused-ring (bicyclic) bond motifs is 3. The summed E-state index contributed by atoms with van der Waals surface area (Å²) in [5.41, 5.74) is 5.44. The first-order chi connectivity index (χ1) is 15.7. The van der Waals surface area contributed by atoms with Gasteiger partial charge in [0.1, 0.15) is 3.70 Å². The minimum absolute atomic E-state index is 0.751. The number of thiophene rings is 1. The second kappa shape index (κ2) is 8.11. The molecule has 32 heavy (non-hydrogen) atoms. The fraction of sp³-hybridized carbons (Fsp3) is 0. The monoisotopic (exact) mass is 540 g/mol. The Bertz CT molecular complexity index is 1590. The van der Waals surface area contributed by atoms with E-state index in [0.717, 1.165) is 26.3 Å². The lowest BCUT2D eigenvalue weighted by Gasteiger charge is -2.08. The average molecular weight is 540 g/mol. The van der Waals surface area contributed by atoms with Crippen LogP contribution in [0.25, 0.3) is 53.9 Å². The van der Waals surface area contributed by atoms with E-state index in [1.807, 2.05) is 17.4 Å². The Kier molecular flexibility index (Phi) is 4.97. The van der Waals surface area contributed by atoms with Crippen molar-refractivity contribution in [2.24, 2.45) is 0 Å². The van der Waals surface area contributed by atoms with Crippen molar-refractivity contribution in [3.05, 3.63) is 107 Å². The van der Waals surface area contributed by atoms with Gasteiger partial charge in [-0.15, -0.1) is 11.3 Å². The third-order valence-electron chi connectivity index (χ3n) is 5.60. The molecule has 6 aromatic rings. The van der Waals surface area contributed by atoms with Gasteiger partial charge in [0, 0.05) is 31.3 Å². The van der Waals surface area contributed by atoms with Gasteiger partial charge in [0.25, 0.3) is 0 Å². The van der Waals surface area contributed by atoms with E-state index in [1.165, 1.54) is 31.3 Å². The third kappa shape index (κ3) is 3.59. The lowest BCUT2D eigenvalue weighted by molar-refractivity contribution is 1.15. The van der Waals surface area contributed by atoms with E-state index in [-0.39, 0.29) is 0 Å². The quantitative estimate of drug-likeness (QED) is 0.166. The van der Waals surface area contributed by atoms with E-state index in [9.17, 15) is 0 Å². The van der Waals surface area contributed by atoms with Gasteiger partial charge in [-0.1, -0.05) is 78.9 Å². The highest BCUT2D eigenvalue weighted by Crippen LogP contribution is 2.36. The van der Waals surface area contributed by atoms with Crippen molar-refractivity contribution in [2.75, 3.05) is 0 Å². The molecule has 6 rings (SSSR count). The second-order valence-corrected chi connectivity index (χ2v) is 9.84. The van der Waals surface area contributed by atoms with Crippen LogP contribution in [-0.2, 0) is 0 Å². The van der Waals surface area contributed by atoms with Crippen molar-refractivity contribution in [3.8, 4) is 33.8 Å². The van der Waals surface area contributed by atoms with Crippen LogP contribution in [0.5, 0.6) is 0 Å². The number of hydrogen-bond donors (Lipinski definition) is 0. The Balaban J connectivity index is 1.45. The summed E-state index contributed by atoms with van der Waals surface area (Å²) in [4.78, 5) is 9.70. The molecule has 0 spiro atoms. The van der Waals surface area contributed by atoms with Gasteiger partial charge in [0.05, 0.1) is 5.69 Å². The number of aromatic nitrogens is 2. The Morgan fingerprint density at radius 1 is 0.531 bits per heavy atom. The molecule has 4 aromatic carbocycles. The Hall–Kier alpha value is -3.09. The van der Waals surface area contributed by atoms with Crippen molar-refractivity contribution in [3.63, 3.8) is 0 Å². The van der Waals surface area contributed by atoms with Crippen molar-refractivity contribution >= 4 is 54.1 Å². The Morgan fingerprint density at radius 2 is 1.28 bits per heavy atom. The highest BCUT2D eigenvalue weighted by molar-refractivity contribution is 14.1. The smallest absolute Gasteiger partial charge is 0.160 e.